The van der Waals surface area contributed by atoms with Gasteiger partial charge in [0.15, 0.2) is 5.96 Å². The van der Waals surface area contributed by atoms with Crippen molar-refractivity contribution in [3.05, 3.63) is 83.4 Å². The molecule has 0 radical (unpaired) electrons. The van der Waals surface area contributed by atoms with Gasteiger partial charge in [-0.3, -0.25) is 0 Å². The Kier molecular flexibility index (Phi) is 5.14. The number of aliphatic imine (C=N–C) groups is 1. The molecule has 1 heterocycles. The molecule has 0 bridgehead atoms. The van der Waals surface area contributed by atoms with Crippen molar-refractivity contribution >= 4 is 11.6 Å². The number of anilines is 1. The van der Waals surface area contributed by atoms with E-state index >= 15 is 0 Å². The van der Waals surface area contributed by atoms with Crippen LogP contribution in [0.5, 0.6) is 0 Å². The molecule has 2 aromatic carbocycles. The van der Waals surface area contributed by atoms with Crippen molar-refractivity contribution in [2.24, 2.45) is 10.7 Å². The van der Waals surface area contributed by atoms with E-state index in [2.05, 4.69) is 58.0 Å². The third-order valence-corrected chi connectivity index (χ3v) is 4.17. The first-order valence-corrected chi connectivity index (χ1v) is 8.30. The second-order valence-corrected chi connectivity index (χ2v) is 6.08. The summed E-state index contributed by atoms with van der Waals surface area (Å²) < 4.78 is 2.09. The molecule has 0 atom stereocenters. The molecule has 3 aromatic rings. The Morgan fingerprint density at radius 1 is 1.12 bits per heavy atom. The molecule has 0 saturated carbocycles. The molecule has 0 spiro atoms. The summed E-state index contributed by atoms with van der Waals surface area (Å²) in [5.74, 6) is 1.27. The predicted molar refractivity (Wildman–Crippen MR) is 103 cm³/mol. The van der Waals surface area contributed by atoms with E-state index in [-0.39, 0.29) is 0 Å². The molecule has 0 fully saturated rings. The summed E-state index contributed by atoms with van der Waals surface area (Å²) in [5.41, 5.74) is 10.7. The average Bonchev–Trinajstić information content (AvgIpc) is 3.04. The number of imidazole rings is 1. The monoisotopic (exact) mass is 333 g/mol. The van der Waals surface area contributed by atoms with Crippen LogP contribution >= 0.6 is 0 Å². The van der Waals surface area contributed by atoms with Crippen molar-refractivity contribution in [2.45, 2.75) is 26.9 Å². The van der Waals surface area contributed by atoms with Crippen molar-refractivity contribution in [2.75, 3.05) is 5.32 Å². The average molecular weight is 333 g/mol. The van der Waals surface area contributed by atoms with E-state index in [4.69, 9.17) is 5.73 Å². The molecule has 0 unspecified atom stereocenters. The number of hydrogen-bond acceptors (Lipinski definition) is 2. The number of hydrogen-bond donors (Lipinski definition) is 2. The summed E-state index contributed by atoms with van der Waals surface area (Å²) in [6, 6.07) is 16.4. The maximum Gasteiger partial charge on any atom is 0.193 e. The SMILES string of the molecule is Cc1ccc(NC(N)=NCc2nccn2Cc2ccccc2)cc1C. The number of rotatable bonds is 5. The number of nitrogens with one attached hydrogen (secondary N) is 1. The summed E-state index contributed by atoms with van der Waals surface area (Å²) in [5, 5.41) is 3.13. The van der Waals surface area contributed by atoms with Crippen LogP contribution in [0.2, 0.25) is 0 Å². The van der Waals surface area contributed by atoms with Crippen LogP contribution in [-0.2, 0) is 13.1 Å². The molecule has 3 N–H and O–H groups in total. The second kappa shape index (κ2) is 7.66. The molecule has 5 nitrogen and oxygen atoms in total. The number of aromatic nitrogens is 2. The minimum Gasteiger partial charge on any atom is -0.370 e. The Morgan fingerprint density at radius 3 is 2.68 bits per heavy atom. The predicted octanol–water partition coefficient (Wildman–Crippen LogP) is 3.48. The van der Waals surface area contributed by atoms with E-state index in [1.807, 2.05) is 30.5 Å². The molecule has 0 amide bonds. The Morgan fingerprint density at radius 2 is 1.92 bits per heavy atom. The van der Waals surface area contributed by atoms with E-state index in [9.17, 15) is 0 Å². The first kappa shape index (κ1) is 16.8. The lowest BCUT2D eigenvalue weighted by atomic mass is 10.1. The Labute approximate surface area is 148 Å². The van der Waals surface area contributed by atoms with Gasteiger partial charge in [-0.15, -0.1) is 0 Å². The smallest absolute Gasteiger partial charge is 0.193 e. The van der Waals surface area contributed by atoms with Gasteiger partial charge in [-0.05, 0) is 42.7 Å². The summed E-state index contributed by atoms with van der Waals surface area (Å²) >= 11 is 0. The fraction of sp³-hybridized carbons (Fsp3) is 0.200. The number of nitrogens with two attached hydrogens (primary N) is 1. The maximum absolute atomic E-state index is 6.01. The van der Waals surface area contributed by atoms with Gasteiger partial charge in [-0.25, -0.2) is 9.98 Å². The van der Waals surface area contributed by atoms with Crippen molar-refractivity contribution < 1.29 is 0 Å². The Balaban J connectivity index is 1.65. The zero-order valence-corrected chi connectivity index (χ0v) is 14.6. The molecule has 128 valence electrons. The first-order valence-electron chi connectivity index (χ1n) is 8.30. The highest BCUT2D eigenvalue weighted by molar-refractivity contribution is 5.92. The van der Waals surface area contributed by atoms with Crippen LogP contribution in [-0.4, -0.2) is 15.5 Å². The van der Waals surface area contributed by atoms with Crippen molar-refractivity contribution in [3.63, 3.8) is 0 Å². The first-order chi connectivity index (χ1) is 12.1. The fourth-order valence-electron chi connectivity index (χ4n) is 2.58. The van der Waals surface area contributed by atoms with Crippen LogP contribution in [0.1, 0.15) is 22.5 Å². The van der Waals surface area contributed by atoms with Gasteiger partial charge >= 0.3 is 0 Å². The molecule has 25 heavy (non-hydrogen) atoms. The van der Waals surface area contributed by atoms with Crippen LogP contribution < -0.4 is 11.1 Å². The zero-order valence-electron chi connectivity index (χ0n) is 14.6. The van der Waals surface area contributed by atoms with Gasteiger partial charge in [0.1, 0.15) is 12.4 Å². The maximum atomic E-state index is 6.01. The molecule has 0 saturated heterocycles. The van der Waals surface area contributed by atoms with Crippen molar-refractivity contribution in [1.29, 1.82) is 0 Å². The van der Waals surface area contributed by atoms with Crippen molar-refractivity contribution in [1.82, 2.24) is 9.55 Å². The third kappa shape index (κ3) is 4.47. The Bertz CT molecular complexity index is 865. The molecular weight excluding hydrogens is 310 g/mol. The molecule has 0 aliphatic heterocycles. The number of guanidine groups is 1. The van der Waals surface area contributed by atoms with E-state index in [0.717, 1.165) is 18.1 Å². The third-order valence-electron chi connectivity index (χ3n) is 4.17. The lowest BCUT2D eigenvalue weighted by Gasteiger charge is -2.09. The van der Waals surface area contributed by atoms with E-state index in [0.29, 0.717) is 12.5 Å². The largest absolute Gasteiger partial charge is 0.370 e. The van der Waals surface area contributed by atoms with Gasteiger partial charge in [0.2, 0.25) is 0 Å². The highest BCUT2D eigenvalue weighted by Gasteiger charge is 2.04. The Hall–Kier alpha value is -3.08. The van der Waals surface area contributed by atoms with E-state index < -0.39 is 0 Å². The van der Waals surface area contributed by atoms with Crippen molar-refractivity contribution in [3.8, 4) is 0 Å². The fourth-order valence-corrected chi connectivity index (χ4v) is 2.58. The second-order valence-electron chi connectivity index (χ2n) is 6.08. The topological polar surface area (TPSA) is 68.2 Å². The highest BCUT2D eigenvalue weighted by Crippen LogP contribution is 2.14. The van der Waals surface area contributed by atoms with Gasteiger partial charge < -0.3 is 15.6 Å². The quantitative estimate of drug-likeness (QED) is 0.555. The van der Waals surface area contributed by atoms with Gasteiger partial charge in [0.25, 0.3) is 0 Å². The van der Waals surface area contributed by atoms with Gasteiger partial charge in [-0.1, -0.05) is 36.4 Å². The standard InChI is InChI=1S/C20H23N5/c1-15-8-9-18(12-16(15)2)24-20(21)23-13-19-22-10-11-25(19)14-17-6-4-3-5-7-17/h3-12H,13-14H2,1-2H3,(H3,21,23,24). The molecule has 0 aliphatic rings. The normalized spacial score (nSPS) is 11.5. The lowest BCUT2D eigenvalue weighted by molar-refractivity contribution is 0.724. The van der Waals surface area contributed by atoms with Gasteiger partial charge in [-0.2, -0.15) is 0 Å². The zero-order chi connectivity index (χ0) is 17.6. The van der Waals surface area contributed by atoms with Gasteiger partial charge in [0, 0.05) is 24.6 Å². The molecule has 1 aromatic heterocycles. The highest BCUT2D eigenvalue weighted by atomic mass is 15.1. The van der Waals surface area contributed by atoms with Gasteiger partial charge in [0.05, 0.1) is 0 Å². The molecule has 0 aliphatic carbocycles. The van der Waals surface area contributed by atoms with Crippen LogP contribution in [0, 0.1) is 13.8 Å². The van der Waals surface area contributed by atoms with E-state index in [1.54, 1.807) is 6.20 Å². The minimum absolute atomic E-state index is 0.387. The molecule has 5 heteroatoms. The number of aryl methyl sites for hydroxylation is 2. The van der Waals surface area contributed by atoms with Crippen LogP contribution in [0.15, 0.2) is 65.9 Å². The van der Waals surface area contributed by atoms with Crippen LogP contribution in [0.4, 0.5) is 5.69 Å². The summed E-state index contributed by atoms with van der Waals surface area (Å²) in [7, 11) is 0. The molecule has 3 rings (SSSR count). The summed E-state index contributed by atoms with van der Waals surface area (Å²) in [6.45, 7) is 5.37. The van der Waals surface area contributed by atoms with Crippen LogP contribution in [0.3, 0.4) is 0 Å². The molecular formula is C20H23N5. The number of benzene rings is 2. The number of nitrogens with zero attached hydrogens (tertiary/aromatic N) is 3. The minimum atomic E-state index is 0.387. The van der Waals surface area contributed by atoms with E-state index in [1.165, 1.54) is 16.7 Å². The summed E-state index contributed by atoms with van der Waals surface area (Å²) in [4.78, 5) is 8.81. The summed E-state index contributed by atoms with van der Waals surface area (Å²) in [6.07, 6.45) is 3.76. The lowest BCUT2D eigenvalue weighted by Crippen LogP contribution is -2.23. The van der Waals surface area contributed by atoms with Crippen LogP contribution in [0.25, 0.3) is 0 Å².